The highest BCUT2D eigenvalue weighted by Crippen LogP contribution is 2.34. The van der Waals surface area contributed by atoms with E-state index in [0.717, 1.165) is 38.6 Å². The first-order chi connectivity index (χ1) is 18.7. The van der Waals surface area contributed by atoms with Crippen molar-refractivity contribution in [3.8, 4) is 45.3 Å². The molecule has 4 nitrogen and oxygen atoms in total. The lowest BCUT2D eigenvalue weighted by molar-refractivity contribution is 0.584. The average Bonchev–Trinajstić information content (AvgIpc) is 3.37. The second kappa shape index (κ2) is 9.05. The first kappa shape index (κ1) is 22.1. The van der Waals surface area contributed by atoms with E-state index in [9.17, 15) is 4.39 Å². The molecule has 0 aliphatic heterocycles. The predicted molar refractivity (Wildman–Crippen MR) is 149 cm³/mol. The molecule has 0 bridgehead atoms. The van der Waals surface area contributed by atoms with E-state index in [0.29, 0.717) is 23.1 Å². The topological polar surface area (TPSA) is 51.8 Å². The molecule has 0 aliphatic carbocycles. The molecule has 7 rings (SSSR count). The minimum atomic E-state index is -0.382. The third kappa shape index (κ3) is 3.91. The van der Waals surface area contributed by atoms with Crippen LogP contribution >= 0.6 is 0 Å². The normalized spacial score (nSPS) is 11.3. The van der Waals surface area contributed by atoms with Gasteiger partial charge in [-0.15, -0.1) is 0 Å². The van der Waals surface area contributed by atoms with Crippen molar-refractivity contribution >= 4 is 21.9 Å². The summed E-state index contributed by atoms with van der Waals surface area (Å²) in [7, 11) is 0. The highest BCUT2D eigenvalue weighted by Gasteiger charge is 2.16. The van der Waals surface area contributed by atoms with E-state index in [1.54, 1.807) is 6.07 Å². The fourth-order valence-corrected chi connectivity index (χ4v) is 4.72. The third-order valence-corrected chi connectivity index (χ3v) is 6.60. The Morgan fingerprint density at radius 1 is 0.447 bits per heavy atom. The van der Waals surface area contributed by atoms with Crippen LogP contribution in [0.3, 0.4) is 0 Å². The van der Waals surface area contributed by atoms with Crippen molar-refractivity contribution in [3.63, 3.8) is 0 Å². The molecule has 5 heteroatoms. The van der Waals surface area contributed by atoms with Crippen LogP contribution in [0.4, 0.5) is 4.39 Å². The Labute approximate surface area is 218 Å². The van der Waals surface area contributed by atoms with E-state index in [4.69, 9.17) is 19.4 Å². The highest BCUT2D eigenvalue weighted by molar-refractivity contribution is 6.05. The van der Waals surface area contributed by atoms with Crippen molar-refractivity contribution in [2.45, 2.75) is 0 Å². The summed E-state index contributed by atoms with van der Waals surface area (Å²) in [6.45, 7) is 0. The van der Waals surface area contributed by atoms with Gasteiger partial charge in [0, 0.05) is 27.5 Å². The molecular formula is C33H20FN3O. The van der Waals surface area contributed by atoms with Gasteiger partial charge in [-0.2, -0.15) is 0 Å². The molecule has 0 aliphatic rings. The van der Waals surface area contributed by atoms with Gasteiger partial charge >= 0.3 is 0 Å². The number of para-hydroxylation sites is 1. The predicted octanol–water partition coefficient (Wildman–Crippen LogP) is 8.58. The molecular weight excluding hydrogens is 473 g/mol. The van der Waals surface area contributed by atoms with Crippen LogP contribution in [0.15, 0.2) is 126 Å². The lowest BCUT2D eigenvalue weighted by Crippen LogP contribution is -2.00. The molecule has 0 radical (unpaired) electrons. The van der Waals surface area contributed by atoms with Gasteiger partial charge in [0.25, 0.3) is 0 Å². The Morgan fingerprint density at radius 3 is 1.76 bits per heavy atom. The summed E-state index contributed by atoms with van der Waals surface area (Å²) in [6, 6.07) is 38.9. The van der Waals surface area contributed by atoms with E-state index in [1.165, 1.54) is 6.07 Å². The Morgan fingerprint density at radius 2 is 1.03 bits per heavy atom. The molecule has 5 aromatic carbocycles. The van der Waals surface area contributed by atoms with Crippen LogP contribution in [0.25, 0.3) is 67.2 Å². The summed E-state index contributed by atoms with van der Waals surface area (Å²) in [5, 5.41) is 1.59. The van der Waals surface area contributed by atoms with Gasteiger partial charge in [0.15, 0.2) is 28.9 Å². The molecule has 0 spiro atoms. The molecule has 0 saturated carbocycles. The molecule has 0 unspecified atom stereocenters. The molecule has 38 heavy (non-hydrogen) atoms. The second-order valence-electron chi connectivity index (χ2n) is 9.05. The van der Waals surface area contributed by atoms with Crippen molar-refractivity contribution in [2.75, 3.05) is 0 Å². The summed E-state index contributed by atoms with van der Waals surface area (Å²) in [6.07, 6.45) is 0. The minimum Gasteiger partial charge on any atom is -0.453 e. The molecule has 0 saturated heterocycles. The number of furan rings is 1. The fourth-order valence-electron chi connectivity index (χ4n) is 4.72. The Kier molecular flexibility index (Phi) is 5.26. The number of fused-ring (bicyclic) bond motifs is 3. The number of hydrogen-bond donors (Lipinski definition) is 0. The smallest absolute Gasteiger partial charge is 0.171 e. The molecule has 2 aromatic heterocycles. The van der Waals surface area contributed by atoms with Gasteiger partial charge in [0.1, 0.15) is 5.58 Å². The molecule has 7 aromatic rings. The number of aromatic nitrogens is 3. The van der Waals surface area contributed by atoms with E-state index < -0.39 is 0 Å². The number of benzene rings is 5. The zero-order chi connectivity index (χ0) is 25.5. The summed E-state index contributed by atoms with van der Waals surface area (Å²) < 4.78 is 20.3. The molecule has 0 amide bonds. The summed E-state index contributed by atoms with van der Waals surface area (Å²) >= 11 is 0. The fraction of sp³-hybridized carbons (Fsp3) is 0. The quantitative estimate of drug-likeness (QED) is 0.246. The van der Waals surface area contributed by atoms with E-state index in [1.807, 2.05) is 84.9 Å². The summed E-state index contributed by atoms with van der Waals surface area (Å²) in [5.41, 5.74) is 5.57. The standard InChI is InChI=1S/C33H20FN3O/c34-28-16-8-15-27-26-18-17-25(20-29(26)38-30(27)28)33-36-31(22-11-5-2-6-12-22)35-32(37-33)24-14-7-13-23(19-24)21-9-3-1-4-10-21/h1-20H. The number of nitrogens with zero attached hydrogens (tertiary/aromatic N) is 3. The Bertz CT molecular complexity index is 1930. The van der Waals surface area contributed by atoms with Crippen LogP contribution < -0.4 is 0 Å². The third-order valence-electron chi connectivity index (χ3n) is 6.60. The second-order valence-corrected chi connectivity index (χ2v) is 9.05. The maximum absolute atomic E-state index is 14.4. The van der Waals surface area contributed by atoms with Gasteiger partial charge in [-0.1, -0.05) is 97.1 Å². The molecule has 0 fully saturated rings. The average molecular weight is 494 g/mol. The van der Waals surface area contributed by atoms with Crippen LogP contribution in [0, 0.1) is 5.82 Å². The highest BCUT2D eigenvalue weighted by atomic mass is 19.1. The zero-order valence-corrected chi connectivity index (χ0v) is 20.2. The SMILES string of the molecule is Fc1cccc2c1oc1cc(-c3nc(-c4ccccc4)nc(-c4cccc(-c5ccccc5)c4)n3)ccc12. The van der Waals surface area contributed by atoms with E-state index >= 15 is 0 Å². The van der Waals surface area contributed by atoms with E-state index in [-0.39, 0.29) is 11.4 Å². The monoisotopic (exact) mass is 493 g/mol. The van der Waals surface area contributed by atoms with Crippen molar-refractivity contribution in [1.82, 2.24) is 15.0 Å². The zero-order valence-electron chi connectivity index (χ0n) is 20.2. The van der Waals surface area contributed by atoms with Gasteiger partial charge in [-0.25, -0.2) is 19.3 Å². The summed E-state index contributed by atoms with van der Waals surface area (Å²) in [4.78, 5) is 14.5. The van der Waals surface area contributed by atoms with Crippen LogP contribution in [-0.2, 0) is 0 Å². The van der Waals surface area contributed by atoms with Gasteiger partial charge < -0.3 is 4.42 Å². The van der Waals surface area contributed by atoms with Crippen molar-refractivity contribution in [2.24, 2.45) is 0 Å². The van der Waals surface area contributed by atoms with Crippen LogP contribution in [0.2, 0.25) is 0 Å². The van der Waals surface area contributed by atoms with Crippen LogP contribution in [0.1, 0.15) is 0 Å². The van der Waals surface area contributed by atoms with Gasteiger partial charge in [0.2, 0.25) is 0 Å². The minimum absolute atomic E-state index is 0.249. The molecule has 0 atom stereocenters. The van der Waals surface area contributed by atoms with Gasteiger partial charge in [-0.05, 0) is 35.4 Å². The lowest BCUT2D eigenvalue weighted by Gasteiger charge is -2.09. The lowest BCUT2D eigenvalue weighted by atomic mass is 10.0. The van der Waals surface area contributed by atoms with Crippen LogP contribution in [-0.4, -0.2) is 15.0 Å². The Hall–Kier alpha value is -5.16. The molecule has 2 heterocycles. The van der Waals surface area contributed by atoms with Crippen LogP contribution in [0.5, 0.6) is 0 Å². The van der Waals surface area contributed by atoms with Crippen molar-refractivity contribution in [1.29, 1.82) is 0 Å². The van der Waals surface area contributed by atoms with E-state index in [2.05, 4.69) is 24.3 Å². The number of halogens is 1. The maximum atomic E-state index is 14.4. The largest absolute Gasteiger partial charge is 0.453 e. The van der Waals surface area contributed by atoms with Gasteiger partial charge in [-0.3, -0.25) is 0 Å². The van der Waals surface area contributed by atoms with Crippen molar-refractivity contribution in [3.05, 3.63) is 127 Å². The Balaban J connectivity index is 1.40. The molecule has 0 N–H and O–H groups in total. The van der Waals surface area contributed by atoms with Crippen molar-refractivity contribution < 1.29 is 8.81 Å². The summed E-state index contributed by atoms with van der Waals surface area (Å²) in [5.74, 6) is 1.28. The molecule has 180 valence electrons. The maximum Gasteiger partial charge on any atom is 0.171 e. The number of rotatable bonds is 4. The first-order valence-electron chi connectivity index (χ1n) is 12.3. The van der Waals surface area contributed by atoms with Gasteiger partial charge in [0.05, 0.1) is 0 Å². The first-order valence-corrected chi connectivity index (χ1v) is 12.3. The number of hydrogen-bond acceptors (Lipinski definition) is 4.